The molecule has 0 N–H and O–H groups in total. The standard InChI is InChI=1S/C25H24N2O2/c1-3-28-18-19-29-25-16-14-24(15-17-25)27-26-23-12-10-22(11-13-23)9-8-21-6-4-20(2)5-7-21/h4-7,10-17H,3,18-19H2,1-2H3. The van der Waals surface area contributed by atoms with E-state index in [2.05, 4.69) is 41.1 Å². The first-order valence-corrected chi connectivity index (χ1v) is 9.64. The molecule has 3 rings (SSSR count). The zero-order valence-electron chi connectivity index (χ0n) is 16.8. The molecule has 3 aromatic rings. The van der Waals surface area contributed by atoms with Crippen LogP contribution in [0, 0.1) is 18.8 Å². The molecule has 0 saturated heterocycles. The molecule has 3 aromatic carbocycles. The van der Waals surface area contributed by atoms with Crippen molar-refractivity contribution >= 4 is 11.4 Å². The molecule has 0 amide bonds. The molecule has 0 unspecified atom stereocenters. The van der Waals surface area contributed by atoms with E-state index in [1.165, 1.54) is 5.56 Å². The predicted molar refractivity (Wildman–Crippen MR) is 116 cm³/mol. The second-order valence-electron chi connectivity index (χ2n) is 6.40. The Kier molecular flexibility index (Phi) is 7.56. The van der Waals surface area contributed by atoms with Gasteiger partial charge in [0.05, 0.1) is 18.0 Å². The van der Waals surface area contributed by atoms with Crippen LogP contribution in [0.5, 0.6) is 5.75 Å². The van der Waals surface area contributed by atoms with Crippen molar-refractivity contribution in [1.29, 1.82) is 0 Å². The van der Waals surface area contributed by atoms with Crippen molar-refractivity contribution in [3.05, 3.63) is 89.5 Å². The number of aryl methyl sites for hydroxylation is 1. The fraction of sp³-hybridized carbons (Fsp3) is 0.200. The van der Waals surface area contributed by atoms with Crippen LogP contribution in [-0.2, 0) is 4.74 Å². The summed E-state index contributed by atoms with van der Waals surface area (Å²) in [6.07, 6.45) is 0. The molecule has 29 heavy (non-hydrogen) atoms. The van der Waals surface area contributed by atoms with E-state index >= 15 is 0 Å². The molecule has 4 heteroatoms. The third-order valence-electron chi connectivity index (χ3n) is 4.09. The summed E-state index contributed by atoms with van der Waals surface area (Å²) in [5.41, 5.74) is 4.73. The van der Waals surface area contributed by atoms with Crippen molar-refractivity contribution in [2.75, 3.05) is 19.8 Å². The minimum atomic E-state index is 0.536. The number of benzene rings is 3. The lowest BCUT2D eigenvalue weighted by atomic mass is 10.1. The quantitative estimate of drug-likeness (QED) is 0.275. The maximum atomic E-state index is 5.59. The zero-order chi connectivity index (χ0) is 20.3. The van der Waals surface area contributed by atoms with E-state index in [0.29, 0.717) is 19.8 Å². The number of hydrogen-bond acceptors (Lipinski definition) is 4. The highest BCUT2D eigenvalue weighted by atomic mass is 16.5. The molecule has 0 atom stereocenters. The van der Waals surface area contributed by atoms with E-state index < -0.39 is 0 Å². The molecule has 146 valence electrons. The fourth-order valence-electron chi connectivity index (χ4n) is 2.48. The average molecular weight is 384 g/mol. The number of hydrogen-bond donors (Lipinski definition) is 0. The van der Waals surface area contributed by atoms with Gasteiger partial charge < -0.3 is 9.47 Å². The molecule has 0 aromatic heterocycles. The molecule has 0 spiro atoms. The van der Waals surface area contributed by atoms with Gasteiger partial charge in [-0.25, -0.2) is 0 Å². The van der Waals surface area contributed by atoms with E-state index in [0.717, 1.165) is 28.3 Å². The SMILES string of the molecule is CCOCCOc1ccc(N=Nc2ccc(C#Cc3ccc(C)cc3)cc2)cc1. The van der Waals surface area contributed by atoms with Gasteiger partial charge >= 0.3 is 0 Å². The van der Waals surface area contributed by atoms with E-state index in [-0.39, 0.29) is 0 Å². The van der Waals surface area contributed by atoms with Crippen LogP contribution in [0.15, 0.2) is 83.0 Å². The molecular weight excluding hydrogens is 360 g/mol. The highest BCUT2D eigenvalue weighted by Gasteiger charge is 1.96. The summed E-state index contributed by atoms with van der Waals surface area (Å²) in [6, 6.07) is 23.4. The smallest absolute Gasteiger partial charge is 0.119 e. The Bertz CT molecular complexity index is 980. The van der Waals surface area contributed by atoms with E-state index in [1.54, 1.807) is 0 Å². The third kappa shape index (κ3) is 6.91. The molecule has 4 nitrogen and oxygen atoms in total. The summed E-state index contributed by atoms with van der Waals surface area (Å²) < 4.78 is 10.8. The average Bonchev–Trinajstić information content (AvgIpc) is 2.76. The second kappa shape index (κ2) is 10.8. The molecule has 0 aliphatic heterocycles. The first-order chi connectivity index (χ1) is 14.2. The lowest BCUT2D eigenvalue weighted by Gasteiger charge is -2.05. The zero-order valence-corrected chi connectivity index (χ0v) is 16.8. The Balaban J connectivity index is 1.55. The molecule has 0 fully saturated rings. The number of nitrogens with zero attached hydrogens (tertiary/aromatic N) is 2. The van der Waals surface area contributed by atoms with Crippen molar-refractivity contribution in [2.24, 2.45) is 10.2 Å². The Labute approximate surface area is 172 Å². The van der Waals surface area contributed by atoms with Gasteiger partial charge in [0.25, 0.3) is 0 Å². The van der Waals surface area contributed by atoms with Crippen LogP contribution >= 0.6 is 0 Å². The molecular formula is C25H24N2O2. The minimum Gasteiger partial charge on any atom is -0.491 e. The number of ether oxygens (including phenoxy) is 2. The number of rotatable bonds is 7. The van der Waals surface area contributed by atoms with Crippen molar-refractivity contribution in [1.82, 2.24) is 0 Å². The van der Waals surface area contributed by atoms with Gasteiger partial charge in [-0.2, -0.15) is 10.2 Å². The van der Waals surface area contributed by atoms with Gasteiger partial charge in [-0.3, -0.25) is 0 Å². The topological polar surface area (TPSA) is 43.2 Å². The van der Waals surface area contributed by atoms with E-state index in [1.807, 2.05) is 67.6 Å². The van der Waals surface area contributed by atoms with Crippen molar-refractivity contribution in [3.63, 3.8) is 0 Å². The Morgan fingerprint density at radius 1 is 0.690 bits per heavy atom. The summed E-state index contributed by atoms with van der Waals surface area (Å²) in [7, 11) is 0. The maximum absolute atomic E-state index is 5.59. The van der Waals surface area contributed by atoms with Crippen LogP contribution in [0.1, 0.15) is 23.6 Å². The van der Waals surface area contributed by atoms with Gasteiger partial charge in [0.1, 0.15) is 12.4 Å². The van der Waals surface area contributed by atoms with Gasteiger partial charge in [0.2, 0.25) is 0 Å². The first-order valence-electron chi connectivity index (χ1n) is 9.64. The summed E-state index contributed by atoms with van der Waals surface area (Å²) in [5.74, 6) is 7.13. The van der Waals surface area contributed by atoms with E-state index in [9.17, 15) is 0 Å². The highest BCUT2D eigenvalue weighted by molar-refractivity contribution is 5.48. The maximum Gasteiger partial charge on any atom is 0.119 e. The largest absolute Gasteiger partial charge is 0.491 e. The Hall–Kier alpha value is -3.42. The van der Waals surface area contributed by atoms with Crippen LogP contribution in [0.4, 0.5) is 11.4 Å². The predicted octanol–water partition coefficient (Wildman–Crippen LogP) is 6.23. The van der Waals surface area contributed by atoms with Crippen molar-refractivity contribution < 1.29 is 9.47 Å². The van der Waals surface area contributed by atoms with Crippen molar-refractivity contribution in [2.45, 2.75) is 13.8 Å². The van der Waals surface area contributed by atoms with Gasteiger partial charge in [0.15, 0.2) is 0 Å². The van der Waals surface area contributed by atoms with E-state index in [4.69, 9.17) is 9.47 Å². The summed E-state index contributed by atoms with van der Waals surface area (Å²) in [4.78, 5) is 0. The first kappa shape index (κ1) is 20.3. The highest BCUT2D eigenvalue weighted by Crippen LogP contribution is 2.21. The summed E-state index contributed by atoms with van der Waals surface area (Å²) in [5, 5.41) is 8.55. The molecule has 0 heterocycles. The lowest BCUT2D eigenvalue weighted by Crippen LogP contribution is -2.05. The molecule has 0 saturated carbocycles. The van der Waals surface area contributed by atoms with Gasteiger partial charge in [-0.1, -0.05) is 29.5 Å². The van der Waals surface area contributed by atoms with Crippen molar-refractivity contribution in [3.8, 4) is 17.6 Å². The minimum absolute atomic E-state index is 0.536. The van der Waals surface area contributed by atoms with Crippen LogP contribution in [0.3, 0.4) is 0 Å². The van der Waals surface area contributed by atoms with Crippen LogP contribution in [0.2, 0.25) is 0 Å². The normalized spacial score (nSPS) is 10.6. The summed E-state index contributed by atoms with van der Waals surface area (Å²) >= 11 is 0. The Morgan fingerprint density at radius 2 is 1.21 bits per heavy atom. The summed E-state index contributed by atoms with van der Waals surface area (Å²) in [6.45, 7) is 5.85. The second-order valence-corrected chi connectivity index (χ2v) is 6.40. The third-order valence-corrected chi connectivity index (χ3v) is 4.09. The fourth-order valence-corrected chi connectivity index (χ4v) is 2.48. The van der Waals surface area contributed by atoms with Crippen LogP contribution < -0.4 is 4.74 Å². The molecule has 0 aliphatic carbocycles. The van der Waals surface area contributed by atoms with Gasteiger partial charge in [-0.05, 0) is 74.5 Å². The Morgan fingerprint density at radius 3 is 1.76 bits per heavy atom. The molecule has 0 aliphatic rings. The monoisotopic (exact) mass is 384 g/mol. The molecule has 0 bridgehead atoms. The van der Waals surface area contributed by atoms with Gasteiger partial charge in [-0.15, -0.1) is 0 Å². The number of azo groups is 1. The molecule has 0 radical (unpaired) electrons. The van der Waals surface area contributed by atoms with Crippen LogP contribution in [-0.4, -0.2) is 19.8 Å². The van der Waals surface area contributed by atoms with Crippen LogP contribution in [0.25, 0.3) is 0 Å². The van der Waals surface area contributed by atoms with Gasteiger partial charge in [0, 0.05) is 17.7 Å². The lowest BCUT2D eigenvalue weighted by molar-refractivity contribution is 0.110.